The first-order valence-corrected chi connectivity index (χ1v) is 6.48. The third kappa shape index (κ3) is 2.60. The lowest BCUT2D eigenvalue weighted by molar-refractivity contribution is 0.584. The number of H-pyrrole nitrogens is 1. The number of aromatic nitrogens is 2. The average molecular weight is 306 g/mol. The summed E-state index contributed by atoms with van der Waals surface area (Å²) < 4.78 is 26.8. The van der Waals surface area contributed by atoms with Crippen LogP contribution in [0.1, 0.15) is 0 Å². The molecular formula is C15H10ClF2N3. The predicted octanol–water partition coefficient (Wildman–Crippen LogP) is 4.26. The molecule has 0 unspecified atom stereocenters. The average Bonchev–Trinajstić information content (AvgIpc) is 2.80. The summed E-state index contributed by atoms with van der Waals surface area (Å²) in [6.07, 6.45) is 0. The first-order chi connectivity index (χ1) is 10.0. The van der Waals surface area contributed by atoms with Crippen LogP contribution in [-0.4, -0.2) is 10.2 Å². The van der Waals surface area contributed by atoms with Crippen LogP contribution in [0.15, 0.2) is 42.5 Å². The Labute approximate surface area is 124 Å². The number of nitrogens with two attached hydrogens (primary N) is 1. The van der Waals surface area contributed by atoms with E-state index in [1.165, 1.54) is 12.1 Å². The van der Waals surface area contributed by atoms with Crippen LogP contribution in [0.4, 0.5) is 14.6 Å². The van der Waals surface area contributed by atoms with Crippen molar-refractivity contribution < 1.29 is 8.78 Å². The number of nitrogen functional groups attached to an aromatic ring is 1. The largest absolute Gasteiger partial charge is 0.382 e. The van der Waals surface area contributed by atoms with E-state index in [9.17, 15) is 8.78 Å². The molecule has 0 radical (unpaired) electrons. The molecule has 0 aliphatic carbocycles. The van der Waals surface area contributed by atoms with Gasteiger partial charge in [0.1, 0.15) is 11.6 Å². The van der Waals surface area contributed by atoms with Crippen molar-refractivity contribution in [3.63, 3.8) is 0 Å². The van der Waals surface area contributed by atoms with Crippen molar-refractivity contribution >= 4 is 17.4 Å². The van der Waals surface area contributed by atoms with E-state index in [1.54, 1.807) is 24.3 Å². The molecule has 0 atom stereocenters. The van der Waals surface area contributed by atoms with Gasteiger partial charge >= 0.3 is 0 Å². The maximum Gasteiger partial charge on any atom is 0.153 e. The fraction of sp³-hybridized carbons (Fsp3) is 0. The van der Waals surface area contributed by atoms with E-state index < -0.39 is 11.6 Å². The maximum absolute atomic E-state index is 13.4. The molecule has 106 valence electrons. The highest BCUT2D eigenvalue weighted by molar-refractivity contribution is 6.30. The molecule has 3 nitrogen and oxygen atoms in total. The summed E-state index contributed by atoms with van der Waals surface area (Å²) in [4.78, 5) is 0. The zero-order chi connectivity index (χ0) is 15.0. The second-order valence-corrected chi connectivity index (χ2v) is 4.96. The molecule has 0 spiro atoms. The third-order valence-electron chi connectivity index (χ3n) is 3.08. The van der Waals surface area contributed by atoms with E-state index in [0.717, 1.165) is 11.6 Å². The Kier molecular flexibility index (Phi) is 3.35. The number of rotatable bonds is 2. The van der Waals surface area contributed by atoms with Gasteiger partial charge in [-0.05, 0) is 29.8 Å². The van der Waals surface area contributed by atoms with E-state index in [1.807, 2.05) is 0 Å². The lowest BCUT2D eigenvalue weighted by atomic mass is 10.0. The van der Waals surface area contributed by atoms with E-state index in [4.69, 9.17) is 17.3 Å². The molecule has 2 aromatic carbocycles. The van der Waals surface area contributed by atoms with Gasteiger partial charge in [-0.3, -0.25) is 5.10 Å². The highest BCUT2D eigenvalue weighted by atomic mass is 35.5. The van der Waals surface area contributed by atoms with Crippen molar-refractivity contribution in [3.05, 3.63) is 59.1 Å². The van der Waals surface area contributed by atoms with Gasteiger partial charge in [0.15, 0.2) is 5.82 Å². The summed E-state index contributed by atoms with van der Waals surface area (Å²) in [7, 11) is 0. The first kappa shape index (κ1) is 13.6. The zero-order valence-electron chi connectivity index (χ0n) is 10.7. The summed E-state index contributed by atoms with van der Waals surface area (Å²) in [5.74, 6) is -1.18. The van der Waals surface area contributed by atoms with Crippen LogP contribution in [0, 0.1) is 11.6 Å². The van der Waals surface area contributed by atoms with Crippen LogP contribution in [0.2, 0.25) is 5.02 Å². The van der Waals surface area contributed by atoms with E-state index in [2.05, 4.69) is 10.2 Å². The Hall–Kier alpha value is -2.40. The van der Waals surface area contributed by atoms with E-state index in [0.29, 0.717) is 21.8 Å². The molecule has 1 aromatic heterocycles. The maximum atomic E-state index is 13.4. The molecule has 0 aliphatic rings. The zero-order valence-corrected chi connectivity index (χ0v) is 11.5. The molecule has 0 bridgehead atoms. The normalized spacial score (nSPS) is 10.8. The van der Waals surface area contributed by atoms with Crippen LogP contribution < -0.4 is 5.73 Å². The molecule has 0 fully saturated rings. The van der Waals surface area contributed by atoms with Crippen LogP contribution >= 0.6 is 11.6 Å². The second-order valence-electron chi connectivity index (χ2n) is 4.52. The predicted molar refractivity (Wildman–Crippen MR) is 78.8 cm³/mol. The molecule has 3 aromatic rings. The number of anilines is 1. The standard InChI is InChI=1S/C15H10ClF2N3/c16-10-3-1-8(2-4-10)14-13(15(19)21-20-14)9-5-11(17)7-12(18)6-9/h1-7H,(H3,19,20,21). The summed E-state index contributed by atoms with van der Waals surface area (Å²) in [5, 5.41) is 7.30. The SMILES string of the molecule is Nc1n[nH]c(-c2ccc(Cl)cc2)c1-c1cc(F)cc(F)c1. The van der Waals surface area contributed by atoms with Gasteiger partial charge in [0.2, 0.25) is 0 Å². The number of hydrogen-bond donors (Lipinski definition) is 2. The van der Waals surface area contributed by atoms with Gasteiger partial charge < -0.3 is 5.73 Å². The van der Waals surface area contributed by atoms with Gasteiger partial charge in [-0.1, -0.05) is 23.7 Å². The van der Waals surface area contributed by atoms with Gasteiger partial charge in [0.25, 0.3) is 0 Å². The smallest absolute Gasteiger partial charge is 0.153 e. The van der Waals surface area contributed by atoms with Gasteiger partial charge in [-0.15, -0.1) is 0 Å². The van der Waals surface area contributed by atoms with Gasteiger partial charge in [-0.25, -0.2) is 8.78 Å². The van der Waals surface area contributed by atoms with Crippen LogP contribution in [0.5, 0.6) is 0 Å². The minimum absolute atomic E-state index is 0.171. The molecule has 21 heavy (non-hydrogen) atoms. The van der Waals surface area contributed by atoms with Crippen molar-refractivity contribution in [2.24, 2.45) is 0 Å². The number of aromatic amines is 1. The molecule has 0 aliphatic heterocycles. The Morgan fingerprint density at radius 1 is 0.952 bits per heavy atom. The van der Waals surface area contributed by atoms with Crippen molar-refractivity contribution in [3.8, 4) is 22.4 Å². The minimum atomic E-state index is -0.673. The molecular weight excluding hydrogens is 296 g/mol. The van der Waals surface area contributed by atoms with Gasteiger partial charge in [-0.2, -0.15) is 5.10 Å². The van der Waals surface area contributed by atoms with E-state index in [-0.39, 0.29) is 5.82 Å². The van der Waals surface area contributed by atoms with Crippen LogP contribution in [-0.2, 0) is 0 Å². The monoisotopic (exact) mass is 305 g/mol. The minimum Gasteiger partial charge on any atom is -0.382 e. The van der Waals surface area contributed by atoms with Crippen molar-refractivity contribution in [2.75, 3.05) is 5.73 Å². The Balaban J connectivity index is 2.19. The molecule has 3 N–H and O–H groups in total. The Morgan fingerprint density at radius 3 is 2.19 bits per heavy atom. The van der Waals surface area contributed by atoms with Crippen molar-refractivity contribution in [1.29, 1.82) is 0 Å². The van der Waals surface area contributed by atoms with E-state index >= 15 is 0 Å². The molecule has 1 heterocycles. The second kappa shape index (κ2) is 5.18. The molecule has 0 amide bonds. The van der Waals surface area contributed by atoms with Gasteiger partial charge in [0, 0.05) is 16.7 Å². The highest BCUT2D eigenvalue weighted by Crippen LogP contribution is 2.35. The molecule has 0 saturated heterocycles. The summed E-state index contributed by atoms with van der Waals surface area (Å²) in [5.41, 5.74) is 7.95. The lowest BCUT2D eigenvalue weighted by Gasteiger charge is -2.06. The number of nitrogens with one attached hydrogen (secondary N) is 1. The third-order valence-corrected chi connectivity index (χ3v) is 3.33. The number of nitrogens with zero attached hydrogens (tertiary/aromatic N) is 1. The summed E-state index contributed by atoms with van der Waals surface area (Å²) in [6.45, 7) is 0. The lowest BCUT2D eigenvalue weighted by Crippen LogP contribution is -1.91. The van der Waals surface area contributed by atoms with Crippen LogP contribution in [0.3, 0.4) is 0 Å². The number of benzene rings is 2. The molecule has 0 saturated carbocycles. The fourth-order valence-corrected chi connectivity index (χ4v) is 2.30. The summed E-state index contributed by atoms with van der Waals surface area (Å²) >= 11 is 5.85. The fourth-order valence-electron chi connectivity index (χ4n) is 2.17. The van der Waals surface area contributed by atoms with Crippen LogP contribution in [0.25, 0.3) is 22.4 Å². The first-order valence-electron chi connectivity index (χ1n) is 6.11. The Bertz CT molecular complexity index is 777. The topological polar surface area (TPSA) is 54.7 Å². The molecule has 3 rings (SSSR count). The van der Waals surface area contributed by atoms with Crippen molar-refractivity contribution in [2.45, 2.75) is 0 Å². The van der Waals surface area contributed by atoms with Crippen molar-refractivity contribution in [1.82, 2.24) is 10.2 Å². The summed E-state index contributed by atoms with van der Waals surface area (Å²) in [6, 6.07) is 10.2. The quantitative estimate of drug-likeness (QED) is 0.743. The van der Waals surface area contributed by atoms with Gasteiger partial charge in [0.05, 0.1) is 11.3 Å². The highest BCUT2D eigenvalue weighted by Gasteiger charge is 2.16. The molecule has 6 heteroatoms. The Morgan fingerprint density at radius 2 is 1.57 bits per heavy atom. The number of hydrogen-bond acceptors (Lipinski definition) is 2. The number of halogens is 3.